The van der Waals surface area contributed by atoms with Gasteiger partial charge in [0.1, 0.15) is 24.2 Å². The molecule has 3 rings (SSSR count). The summed E-state index contributed by atoms with van der Waals surface area (Å²) in [6.07, 6.45) is -0.643. The van der Waals surface area contributed by atoms with Crippen molar-refractivity contribution in [2.75, 3.05) is 12.3 Å². The second kappa shape index (κ2) is 8.31. The minimum atomic E-state index is -5.64. The van der Waals surface area contributed by atoms with Crippen molar-refractivity contribution in [3.8, 4) is 0 Å². The highest BCUT2D eigenvalue weighted by atomic mass is 31.3. The van der Waals surface area contributed by atoms with Gasteiger partial charge in [-0.3, -0.25) is 9.09 Å². The number of phosphoric acid groups is 3. The Labute approximate surface area is 166 Å². The van der Waals surface area contributed by atoms with Crippen LogP contribution in [0.5, 0.6) is 0 Å². The number of aliphatic hydroxyl groups is 1. The highest BCUT2D eigenvalue weighted by Gasteiger charge is 2.43. The predicted octanol–water partition coefficient (Wildman–Crippen LogP) is -0.600. The number of imidazole rings is 1. The molecule has 30 heavy (non-hydrogen) atoms. The van der Waals surface area contributed by atoms with Crippen LogP contribution in [0, 0.1) is 0 Å². The molecule has 1 saturated heterocycles. The molecule has 2 aromatic rings. The Morgan fingerprint density at radius 2 is 1.83 bits per heavy atom. The first-order valence-corrected chi connectivity index (χ1v) is 12.3. The summed E-state index contributed by atoms with van der Waals surface area (Å²) in [6, 6.07) is 0. The Morgan fingerprint density at radius 3 is 2.50 bits per heavy atom. The van der Waals surface area contributed by atoms with Gasteiger partial charge in [-0.05, 0) is 0 Å². The highest BCUT2D eigenvalue weighted by molar-refractivity contribution is 7.66. The van der Waals surface area contributed by atoms with Crippen molar-refractivity contribution in [2.24, 2.45) is 0 Å². The molecule has 1 aliphatic rings. The van der Waals surface area contributed by atoms with E-state index in [1.807, 2.05) is 0 Å². The van der Waals surface area contributed by atoms with Gasteiger partial charge < -0.3 is 35.2 Å². The number of phosphoric ester groups is 1. The summed E-state index contributed by atoms with van der Waals surface area (Å²) in [6.45, 7) is -0.787. The molecule has 1 aliphatic heterocycles. The van der Waals surface area contributed by atoms with Crippen LogP contribution >= 0.6 is 23.5 Å². The first-order valence-electron chi connectivity index (χ1n) is 7.81. The van der Waals surface area contributed by atoms with E-state index >= 15 is 0 Å². The molecule has 168 valence electrons. The predicted molar refractivity (Wildman–Crippen MR) is 94.1 cm³/mol. The van der Waals surface area contributed by atoms with Crippen molar-refractivity contribution < 1.29 is 56.3 Å². The van der Waals surface area contributed by atoms with E-state index in [1.54, 1.807) is 0 Å². The van der Waals surface area contributed by atoms with E-state index in [0.717, 1.165) is 0 Å². The summed E-state index contributed by atoms with van der Waals surface area (Å²) >= 11 is 0. The second-order valence-corrected chi connectivity index (χ2v) is 10.3. The lowest BCUT2D eigenvalue weighted by Crippen LogP contribution is -2.26. The zero-order valence-corrected chi connectivity index (χ0v) is 17.3. The Morgan fingerprint density at radius 1 is 1.13 bits per heavy atom. The van der Waals surface area contributed by atoms with Gasteiger partial charge in [0, 0.05) is 6.42 Å². The van der Waals surface area contributed by atoms with Crippen LogP contribution in [0.1, 0.15) is 12.6 Å². The van der Waals surface area contributed by atoms with Crippen LogP contribution in [0.15, 0.2) is 12.7 Å². The summed E-state index contributed by atoms with van der Waals surface area (Å²) in [7, 11) is -16.5. The largest absolute Gasteiger partial charge is 0.490 e. The molecule has 0 amide bonds. The molecule has 0 aliphatic carbocycles. The fourth-order valence-corrected chi connectivity index (χ4v) is 5.62. The van der Waals surface area contributed by atoms with Gasteiger partial charge >= 0.3 is 23.5 Å². The number of aliphatic hydroxyl groups excluding tert-OH is 1. The molecule has 20 heteroatoms. The Kier molecular flexibility index (Phi) is 6.47. The molecule has 7 N–H and O–H groups in total. The van der Waals surface area contributed by atoms with Gasteiger partial charge in [-0.2, -0.15) is 8.62 Å². The van der Waals surface area contributed by atoms with Crippen LogP contribution < -0.4 is 5.73 Å². The maximum atomic E-state index is 11.8. The number of hydrogen-bond donors (Lipinski definition) is 6. The average Bonchev–Trinajstić information content (AvgIpc) is 3.14. The number of nitrogen functional groups attached to an aromatic ring is 1. The third kappa shape index (κ3) is 5.68. The standard InChI is InChI=1S/C10H16N5O12P3/c11-9-8-10(13-3-12-9)15(4-14-8)7-1-5(16)6(25-7)2-24-29(20,21)27-30(22,23)26-28(17,18)19/h3-7,16H,1-2H2,(H,20,21)(H,22,23)(H2,11,12,13)(H2,17,18,19)/t5?,6-,7-/m1/s1. The minimum Gasteiger partial charge on any atom is -0.390 e. The monoisotopic (exact) mass is 491 g/mol. The average molecular weight is 491 g/mol. The zero-order chi connectivity index (χ0) is 22.3. The first-order chi connectivity index (χ1) is 13.8. The maximum absolute atomic E-state index is 11.8. The summed E-state index contributed by atoms with van der Waals surface area (Å²) in [5, 5.41) is 10.1. The van der Waals surface area contributed by atoms with Crippen molar-refractivity contribution in [3.63, 3.8) is 0 Å². The lowest BCUT2D eigenvalue weighted by Gasteiger charge is -2.19. The minimum absolute atomic E-state index is 0.000206. The molecular formula is C10H16N5O12P3. The van der Waals surface area contributed by atoms with Gasteiger partial charge in [0.15, 0.2) is 11.5 Å². The van der Waals surface area contributed by atoms with E-state index in [4.69, 9.17) is 25.2 Å². The smallest absolute Gasteiger partial charge is 0.390 e. The highest BCUT2D eigenvalue weighted by Crippen LogP contribution is 2.66. The molecule has 3 heterocycles. The summed E-state index contributed by atoms with van der Waals surface area (Å²) in [4.78, 5) is 47.4. The van der Waals surface area contributed by atoms with Gasteiger partial charge in [0.25, 0.3) is 0 Å². The number of nitrogens with zero attached hydrogens (tertiary/aromatic N) is 4. The second-order valence-electron chi connectivity index (χ2n) is 5.90. The molecule has 0 spiro atoms. The van der Waals surface area contributed by atoms with E-state index in [-0.39, 0.29) is 12.2 Å². The van der Waals surface area contributed by atoms with Crippen molar-refractivity contribution in [1.82, 2.24) is 19.5 Å². The Balaban J connectivity index is 1.64. The topological polar surface area (TPSA) is 259 Å². The van der Waals surface area contributed by atoms with Crippen molar-refractivity contribution in [3.05, 3.63) is 12.7 Å². The SMILES string of the molecule is Nc1ncnc2c1ncn2[C@H]1CC(O)[C@@H](COP(=O)(O)OP(=O)(O)OP(=O)(O)O)O1. The van der Waals surface area contributed by atoms with E-state index in [0.29, 0.717) is 11.2 Å². The molecule has 3 unspecified atom stereocenters. The van der Waals surface area contributed by atoms with Gasteiger partial charge in [-0.25, -0.2) is 28.6 Å². The van der Waals surface area contributed by atoms with Crippen LogP contribution in [0.4, 0.5) is 5.82 Å². The third-order valence-corrected chi connectivity index (χ3v) is 7.52. The molecule has 0 bridgehead atoms. The van der Waals surface area contributed by atoms with Crippen LogP contribution in [-0.4, -0.2) is 63.0 Å². The molecule has 0 saturated carbocycles. The molecule has 17 nitrogen and oxygen atoms in total. The third-order valence-electron chi connectivity index (χ3n) is 3.72. The Hall–Kier alpha value is -1.32. The number of aromatic nitrogens is 4. The maximum Gasteiger partial charge on any atom is 0.490 e. The van der Waals surface area contributed by atoms with Gasteiger partial charge in [-0.15, -0.1) is 0 Å². The number of fused-ring (bicyclic) bond motifs is 1. The van der Waals surface area contributed by atoms with Crippen molar-refractivity contribution in [1.29, 1.82) is 0 Å². The van der Waals surface area contributed by atoms with Gasteiger partial charge in [-0.1, -0.05) is 0 Å². The number of rotatable bonds is 8. The van der Waals surface area contributed by atoms with Gasteiger partial charge in [0.05, 0.1) is 19.0 Å². The lowest BCUT2D eigenvalue weighted by atomic mass is 10.2. The number of anilines is 1. The molecule has 1 fully saturated rings. The normalized spacial score (nSPS) is 26.5. The van der Waals surface area contributed by atoms with Crippen LogP contribution in [0.3, 0.4) is 0 Å². The first kappa shape index (κ1) is 23.3. The lowest BCUT2D eigenvalue weighted by molar-refractivity contribution is -0.0423. The summed E-state index contributed by atoms with van der Waals surface area (Å²) in [5.41, 5.74) is 6.31. The van der Waals surface area contributed by atoms with E-state index in [1.165, 1.54) is 17.2 Å². The molecule has 2 aromatic heterocycles. The molecule has 5 atom stereocenters. The number of nitrogens with two attached hydrogens (primary N) is 1. The summed E-state index contributed by atoms with van der Waals surface area (Å²) < 4.78 is 52.3. The van der Waals surface area contributed by atoms with Crippen LogP contribution in [0.2, 0.25) is 0 Å². The fraction of sp³-hybridized carbons (Fsp3) is 0.500. The quantitative estimate of drug-likeness (QED) is 0.252. The van der Waals surface area contributed by atoms with E-state index < -0.39 is 48.5 Å². The van der Waals surface area contributed by atoms with Crippen LogP contribution in [0.25, 0.3) is 11.2 Å². The van der Waals surface area contributed by atoms with Crippen LogP contribution in [-0.2, 0) is 31.6 Å². The Bertz CT molecular complexity index is 1070. The molecule has 0 radical (unpaired) electrons. The molecular weight excluding hydrogens is 475 g/mol. The zero-order valence-electron chi connectivity index (χ0n) is 14.6. The van der Waals surface area contributed by atoms with Gasteiger partial charge in [0.2, 0.25) is 0 Å². The van der Waals surface area contributed by atoms with E-state index in [2.05, 4.69) is 28.1 Å². The number of ether oxygens (including phenoxy) is 1. The molecule has 0 aromatic carbocycles. The van der Waals surface area contributed by atoms with Crippen molar-refractivity contribution in [2.45, 2.75) is 24.9 Å². The van der Waals surface area contributed by atoms with E-state index in [9.17, 15) is 23.7 Å². The number of hydrogen-bond acceptors (Lipinski definition) is 12. The summed E-state index contributed by atoms with van der Waals surface area (Å²) in [5.74, 6) is 0.126. The fourth-order valence-electron chi connectivity index (χ4n) is 2.59. The van der Waals surface area contributed by atoms with Crippen molar-refractivity contribution >= 4 is 40.4 Å².